The molecule has 1 aromatic carbocycles. The van der Waals surface area contributed by atoms with Crippen molar-refractivity contribution in [2.24, 2.45) is 5.73 Å². The minimum atomic E-state index is 0.330. The Labute approximate surface area is 118 Å². The van der Waals surface area contributed by atoms with Gasteiger partial charge in [0.25, 0.3) is 0 Å². The van der Waals surface area contributed by atoms with Crippen LogP contribution in [0.2, 0.25) is 5.02 Å². The molecule has 0 fully saturated rings. The Balaban J connectivity index is 2.56. The maximum atomic E-state index is 5.97. The van der Waals surface area contributed by atoms with E-state index in [4.69, 9.17) is 36.3 Å². The summed E-state index contributed by atoms with van der Waals surface area (Å²) in [5.41, 5.74) is 6.48. The number of methoxy groups -OCH3 is 2. The van der Waals surface area contributed by atoms with Crippen LogP contribution in [0.4, 0.5) is 0 Å². The van der Waals surface area contributed by atoms with Crippen LogP contribution in [0.3, 0.4) is 0 Å². The smallest absolute Gasteiger partial charge is 0.165 e. The summed E-state index contributed by atoms with van der Waals surface area (Å²) in [5, 5.41) is 0.570. The Morgan fingerprint density at radius 1 is 1.11 bits per heavy atom. The minimum Gasteiger partial charge on any atom is -0.493 e. The lowest BCUT2D eigenvalue weighted by molar-refractivity contribution is 0.0538. The van der Waals surface area contributed by atoms with Crippen molar-refractivity contribution in [2.45, 2.75) is 6.54 Å². The topological polar surface area (TPSA) is 62.9 Å². The Morgan fingerprint density at radius 2 is 1.84 bits per heavy atom. The fourth-order valence-electron chi connectivity index (χ4n) is 1.54. The van der Waals surface area contributed by atoms with Gasteiger partial charge in [-0.15, -0.1) is 0 Å². The van der Waals surface area contributed by atoms with Crippen molar-refractivity contribution >= 4 is 11.6 Å². The first-order valence-corrected chi connectivity index (χ1v) is 6.36. The van der Waals surface area contributed by atoms with E-state index in [2.05, 4.69) is 0 Å². The fraction of sp³-hybridized carbons (Fsp3) is 0.538. The van der Waals surface area contributed by atoms with Crippen molar-refractivity contribution < 1.29 is 18.9 Å². The van der Waals surface area contributed by atoms with E-state index in [-0.39, 0.29) is 0 Å². The van der Waals surface area contributed by atoms with Gasteiger partial charge in [0.05, 0.1) is 26.9 Å². The minimum absolute atomic E-state index is 0.330. The van der Waals surface area contributed by atoms with Gasteiger partial charge in [0, 0.05) is 30.3 Å². The molecule has 0 radical (unpaired) electrons. The number of ether oxygens (including phenoxy) is 4. The lowest BCUT2D eigenvalue weighted by atomic mass is 10.2. The highest BCUT2D eigenvalue weighted by molar-refractivity contribution is 6.30. The summed E-state index contributed by atoms with van der Waals surface area (Å²) >= 11 is 5.97. The molecule has 19 heavy (non-hydrogen) atoms. The Hall–Kier alpha value is -1.01. The molecule has 0 bridgehead atoms. The largest absolute Gasteiger partial charge is 0.493 e. The highest BCUT2D eigenvalue weighted by Gasteiger charge is 2.11. The summed E-state index contributed by atoms with van der Waals surface area (Å²) in [6.45, 7) is 2.32. The molecule has 1 rings (SSSR count). The van der Waals surface area contributed by atoms with E-state index < -0.39 is 0 Å². The Morgan fingerprint density at radius 3 is 2.47 bits per heavy atom. The number of rotatable bonds is 9. The number of benzene rings is 1. The van der Waals surface area contributed by atoms with Crippen molar-refractivity contribution in [2.75, 3.05) is 40.6 Å². The summed E-state index contributed by atoms with van der Waals surface area (Å²) < 4.78 is 21.1. The van der Waals surface area contributed by atoms with Crippen LogP contribution in [-0.2, 0) is 16.0 Å². The molecule has 0 aliphatic carbocycles. The number of halogens is 1. The van der Waals surface area contributed by atoms with Crippen LogP contribution >= 0.6 is 11.6 Å². The summed E-state index contributed by atoms with van der Waals surface area (Å²) in [6, 6.07) is 3.47. The van der Waals surface area contributed by atoms with Crippen molar-refractivity contribution in [3.8, 4) is 11.5 Å². The SMILES string of the molecule is COCCOCCOc1c(CN)cc(Cl)cc1OC. The van der Waals surface area contributed by atoms with Crippen molar-refractivity contribution in [3.63, 3.8) is 0 Å². The van der Waals surface area contributed by atoms with E-state index in [1.807, 2.05) is 0 Å². The monoisotopic (exact) mass is 289 g/mol. The Kier molecular flexibility index (Phi) is 7.59. The van der Waals surface area contributed by atoms with Gasteiger partial charge in [0.15, 0.2) is 11.5 Å². The zero-order chi connectivity index (χ0) is 14.1. The third-order valence-corrected chi connectivity index (χ3v) is 2.66. The number of hydrogen-bond acceptors (Lipinski definition) is 5. The lowest BCUT2D eigenvalue weighted by Crippen LogP contribution is -2.12. The van der Waals surface area contributed by atoms with E-state index in [1.54, 1.807) is 26.4 Å². The third kappa shape index (κ3) is 5.24. The molecule has 0 saturated heterocycles. The average Bonchev–Trinajstić information content (AvgIpc) is 2.43. The molecule has 5 nitrogen and oxygen atoms in total. The average molecular weight is 290 g/mol. The van der Waals surface area contributed by atoms with Crippen molar-refractivity contribution in [1.82, 2.24) is 0 Å². The third-order valence-electron chi connectivity index (χ3n) is 2.44. The standard InChI is InChI=1S/C13H20ClNO4/c1-16-3-4-18-5-6-19-13-10(9-15)7-11(14)8-12(13)17-2/h7-8H,3-6,9,15H2,1-2H3. The van der Waals surface area contributed by atoms with Gasteiger partial charge in [-0.3, -0.25) is 0 Å². The van der Waals surface area contributed by atoms with Gasteiger partial charge >= 0.3 is 0 Å². The second-order valence-electron chi connectivity index (χ2n) is 3.75. The summed E-state index contributed by atoms with van der Waals surface area (Å²) in [5.74, 6) is 1.19. The van der Waals surface area contributed by atoms with E-state index >= 15 is 0 Å². The first-order valence-electron chi connectivity index (χ1n) is 5.98. The second-order valence-corrected chi connectivity index (χ2v) is 4.19. The summed E-state index contributed by atoms with van der Waals surface area (Å²) in [6.07, 6.45) is 0. The van der Waals surface area contributed by atoms with E-state index in [1.165, 1.54) is 0 Å². The molecule has 0 aromatic heterocycles. The maximum Gasteiger partial charge on any atom is 0.165 e. The molecule has 108 valence electrons. The van der Waals surface area contributed by atoms with Crippen LogP contribution < -0.4 is 15.2 Å². The zero-order valence-electron chi connectivity index (χ0n) is 11.3. The molecule has 0 amide bonds. The lowest BCUT2D eigenvalue weighted by Gasteiger charge is -2.15. The highest BCUT2D eigenvalue weighted by atomic mass is 35.5. The van der Waals surface area contributed by atoms with Crippen LogP contribution in [0.5, 0.6) is 11.5 Å². The highest BCUT2D eigenvalue weighted by Crippen LogP contribution is 2.34. The molecule has 0 aliphatic rings. The van der Waals surface area contributed by atoms with Crippen molar-refractivity contribution in [1.29, 1.82) is 0 Å². The van der Waals surface area contributed by atoms with Gasteiger partial charge < -0.3 is 24.7 Å². The second kappa shape index (κ2) is 8.98. The maximum absolute atomic E-state index is 5.97. The predicted octanol–water partition coefficient (Wildman–Crippen LogP) is 1.85. The van der Waals surface area contributed by atoms with Crippen LogP contribution in [0.15, 0.2) is 12.1 Å². The molecule has 0 atom stereocenters. The van der Waals surface area contributed by atoms with Crippen molar-refractivity contribution in [3.05, 3.63) is 22.7 Å². The fourth-order valence-corrected chi connectivity index (χ4v) is 1.77. The number of hydrogen-bond donors (Lipinski definition) is 1. The van der Waals surface area contributed by atoms with Gasteiger partial charge in [-0.05, 0) is 6.07 Å². The van der Waals surface area contributed by atoms with E-state index in [9.17, 15) is 0 Å². The molecule has 2 N–H and O–H groups in total. The first-order chi connectivity index (χ1) is 9.22. The molecular weight excluding hydrogens is 270 g/mol. The quantitative estimate of drug-likeness (QED) is 0.703. The summed E-state index contributed by atoms with van der Waals surface area (Å²) in [4.78, 5) is 0. The molecular formula is C13H20ClNO4. The normalized spacial score (nSPS) is 10.5. The van der Waals surface area contributed by atoms with Crippen LogP contribution in [-0.4, -0.2) is 40.6 Å². The van der Waals surface area contributed by atoms with E-state index in [0.717, 1.165) is 5.56 Å². The number of nitrogens with two attached hydrogens (primary N) is 1. The molecule has 0 aliphatic heterocycles. The molecule has 0 heterocycles. The molecule has 0 saturated carbocycles. The zero-order valence-corrected chi connectivity index (χ0v) is 12.0. The van der Waals surface area contributed by atoms with Crippen LogP contribution in [0.25, 0.3) is 0 Å². The van der Waals surface area contributed by atoms with Gasteiger partial charge in [0.2, 0.25) is 0 Å². The predicted molar refractivity (Wildman–Crippen MR) is 74.1 cm³/mol. The Bertz CT molecular complexity index is 362. The van der Waals surface area contributed by atoms with Crippen LogP contribution in [0, 0.1) is 0 Å². The molecule has 0 unspecified atom stereocenters. The first kappa shape index (κ1) is 16.0. The van der Waals surface area contributed by atoms with Gasteiger partial charge in [-0.25, -0.2) is 0 Å². The molecule has 1 aromatic rings. The van der Waals surface area contributed by atoms with E-state index in [0.29, 0.717) is 49.5 Å². The summed E-state index contributed by atoms with van der Waals surface area (Å²) in [7, 11) is 3.19. The van der Waals surface area contributed by atoms with Gasteiger partial charge in [-0.1, -0.05) is 11.6 Å². The molecule has 0 spiro atoms. The van der Waals surface area contributed by atoms with Gasteiger partial charge in [0.1, 0.15) is 6.61 Å². The van der Waals surface area contributed by atoms with Crippen LogP contribution in [0.1, 0.15) is 5.56 Å². The van der Waals surface area contributed by atoms with Gasteiger partial charge in [-0.2, -0.15) is 0 Å². The molecule has 6 heteroatoms.